The molecule has 0 atom stereocenters. The molecule has 1 N–H and O–H groups in total. The molecule has 0 aliphatic rings. The number of carboxylic acids is 1. The highest BCUT2D eigenvalue weighted by Gasteiger charge is 2.10. The van der Waals surface area contributed by atoms with E-state index in [-0.39, 0.29) is 12.2 Å². The van der Waals surface area contributed by atoms with Gasteiger partial charge in [0.15, 0.2) is 0 Å². The van der Waals surface area contributed by atoms with Crippen LogP contribution in [0.4, 0.5) is 4.39 Å². The van der Waals surface area contributed by atoms with Gasteiger partial charge in [0, 0.05) is 21.8 Å². The van der Waals surface area contributed by atoms with Gasteiger partial charge < -0.3 is 5.11 Å². The maximum Gasteiger partial charge on any atom is 0.303 e. The number of aromatic nitrogens is 1. The van der Waals surface area contributed by atoms with Crippen molar-refractivity contribution in [3.63, 3.8) is 0 Å². The molecule has 2 rings (SSSR count). The molecule has 0 amide bonds. The van der Waals surface area contributed by atoms with E-state index in [4.69, 9.17) is 5.11 Å². The first-order chi connectivity index (χ1) is 8.56. The Morgan fingerprint density at radius 1 is 1.50 bits per heavy atom. The van der Waals surface area contributed by atoms with Gasteiger partial charge in [-0.15, -0.1) is 11.3 Å². The molecule has 0 spiro atoms. The summed E-state index contributed by atoms with van der Waals surface area (Å²) in [6.07, 6.45) is 0.437. The molecule has 0 aliphatic heterocycles. The third-order valence-corrected chi connectivity index (χ3v) is 3.92. The Hall–Kier alpha value is -1.27. The summed E-state index contributed by atoms with van der Waals surface area (Å²) in [5.41, 5.74) is 1.40. The van der Waals surface area contributed by atoms with Gasteiger partial charge in [0.2, 0.25) is 0 Å². The highest BCUT2D eigenvalue weighted by atomic mass is 79.9. The van der Waals surface area contributed by atoms with E-state index in [2.05, 4.69) is 20.9 Å². The number of hydrogen-bond acceptors (Lipinski definition) is 3. The number of thiazole rings is 1. The van der Waals surface area contributed by atoms with Gasteiger partial charge in [0.25, 0.3) is 0 Å². The number of aliphatic carboxylic acids is 1. The van der Waals surface area contributed by atoms with Gasteiger partial charge in [-0.2, -0.15) is 0 Å². The van der Waals surface area contributed by atoms with Crippen molar-refractivity contribution in [1.29, 1.82) is 0 Å². The van der Waals surface area contributed by atoms with Gasteiger partial charge in [0.05, 0.1) is 12.1 Å². The first kappa shape index (κ1) is 13.2. The third-order valence-electron chi connectivity index (χ3n) is 2.31. The molecule has 0 aliphatic carbocycles. The summed E-state index contributed by atoms with van der Waals surface area (Å²) in [5, 5.41) is 11.1. The molecule has 0 fully saturated rings. The van der Waals surface area contributed by atoms with Crippen LogP contribution in [0.3, 0.4) is 0 Å². The van der Waals surface area contributed by atoms with E-state index in [0.29, 0.717) is 22.7 Å². The molecular formula is C12H9BrFNO2S. The van der Waals surface area contributed by atoms with Crippen LogP contribution in [-0.4, -0.2) is 16.1 Å². The Bertz CT molecular complexity index is 585. The summed E-state index contributed by atoms with van der Waals surface area (Å²) >= 11 is 4.72. The van der Waals surface area contributed by atoms with Crippen molar-refractivity contribution in [3.05, 3.63) is 39.6 Å². The Kier molecular flexibility index (Phi) is 4.08. The summed E-state index contributed by atoms with van der Waals surface area (Å²) in [6, 6.07) is 4.40. The molecule has 0 bridgehead atoms. The molecule has 6 heteroatoms. The van der Waals surface area contributed by atoms with Crippen molar-refractivity contribution in [3.8, 4) is 10.6 Å². The van der Waals surface area contributed by atoms with Crippen LogP contribution in [0.5, 0.6) is 0 Å². The Morgan fingerprint density at radius 3 is 3.00 bits per heavy atom. The molecule has 0 radical (unpaired) electrons. The average molecular weight is 330 g/mol. The van der Waals surface area contributed by atoms with E-state index < -0.39 is 5.97 Å². The monoisotopic (exact) mass is 329 g/mol. The average Bonchev–Trinajstić information content (AvgIpc) is 2.78. The predicted molar refractivity (Wildman–Crippen MR) is 71.2 cm³/mol. The number of hydrogen-bond donors (Lipinski definition) is 1. The number of carbonyl (C=O) groups is 1. The fourth-order valence-corrected chi connectivity index (χ4v) is 2.89. The maximum absolute atomic E-state index is 13.2. The van der Waals surface area contributed by atoms with Crippen LogP contribution < -0.4 is 0 Å². The quantitative estimate of drug-likeness (QED) is 0.929. The lowest BCUT2D eigenvalue weighted by Gasteiger charge is -2.00. The SMILES string of the molecule is O=C(O)CCc1csc(-c2cc(F)ccc2Br)n1. The van der Waals surface area contributed by atoms with E-state index >= 15 is 0 Å². The van der Waals surface area contributed by atoms with Crippen molar-refractivity contribution in [2.45, 2.75) is 12.8 Å². The number of halogens is 2. The molecule has 0 saturated carbocycles. The van der Waals surface area contributed by atoms with Gasteiger partial charge in [-0.05, 0) is 18.2 Å². The van der Waals surface area contributed by atoms with Crippen LogP contribution in [0, 0.1) is 5.82 Å². The van der Waals surface area contributed by atoms with E-state index in [1.807, 2.05) is 0 Å². The van der Waals surface area contributed by atoms with Gasteiger partial charge in [0.1, 0.15) is 10.8 Å². The minimum Gasteiger partial charge on any atom is -0.481 e. The highest BCUT2D eigenvalue weighted by molar-refractivity contribution is 9.10. The molecule has 0 saturated heterocycles. The molecule has 1 heterocycles. The topological polar surface area (TPSA) is 50.2 Å². The number of aryl methyl sites for hydroxylation is 1. The fourth-order valence-electron chi connectivity index (χ4n) is 1.44. The second-order valence-electron chi connectivity index (χ2n) is 3.66. The minimum absolute atomic E-state index is 0.0491. The van der Waals surface area contributed by atoms with Crippen LogP contribution in [0.25, 0.3) is 10.6 Å². The lowest BCUT2D eigenvalue weighted by atomic mass is 10.2. The molecule has 2 aromatic rings. The summed E-state index contributed by atoms with van der Waals surface area (Å²) < 4.78 is 13.9. The maximum atomic E-state index is 13.2. The predicted octanol–water partition coefficient (Wildman–Crippen LogP) is 3.73. The zero-order valence-corrected chi connectivity index (χ0v) is 11.6. The zero-order valence-electron chi connectivity index (χ0n) is 9.19. The smallest absolute Gasteiger partial charge is 0.303 e. The Balaban J connectivity index is 2.23. The van der Waals surface area contributed by atoms with Gasteiger partial charge in [-0.25, -0.2) is 9.37 Å². The Morgan fingerprint density at radius 2 is 2.28 bits per heavy atom. The molecular weight excluding hydrogens is 321 g/mol. The van der Waals surface area contributed by atoms with Crippen molar-refractivity contribution in [1.82, 2.24) is 4.98 Å². The number of nitrogens with zero attached hydrogens (tertiary/aromatic N) is 1. The molecule has 0 unspecified atom stereocenters. The van der Waals surface area contributed by atoms with Crippen LogP contribution >= 0.6 is 27.3 Å². The number of benzene rings is 1. The van der Waals surface area contributed by atoms with Crippen LogP contribution in [0.1, 0.15) is 12.1 Å². The Labute approximate surface area is 115 Å². The van der Waals surface area contributed by atoms with Crippen molar-refractivity contribution < 1.29 is 14.3 Å². The second-order valence-corrected chi connectivity index (χ2v) is 5.37. The summed E-state index contributed by atoms with van der Waals surface area (Å²) in [4.78, 5) is 14.8. The van der Waals surface area contributed by atoms with Crippen LogP contribution in [-0.2, 0) is 11.2 Å². The second kappa shape index (κ2) is 5.58. The first-order valence-corrected chi connectivity index (χ1v) is 6.85. The van der Waals surface area contributed by atoms with Crippen molar-refractivity contribution in [2.75, 3.05) is 0 Å². The van der Waals surface area contributed by atoms with E-state index in [9.17, 15) is 9.18 Å². The highest BCUT2D eigenvalue weighted by Crippen LogP contribution is 2.31. The van der Waals surface area contributed by atoms with Gasteiger partial charge >= 0.3 is 5.97 Å². The standard InChI is InChI=1S/C12H9BrFNO2S/c13-10-3-1-7(14)5-9(10)12-15-8(6-18-12)2-4-11(16)17/h1,3,5-6H,2,4H2,(H,16,17). The summed E-state index contributed by atoms with van der Waals surface area (Å²) in [5.74, 6) is -1.17. The van der Waals surface area contributed by atoms with E-state index in [1.54, 1.807) is 11.4 Å². The normalized spacial score (nSPS) is 10.6. The third kappa shape index (κ3) is 3.14. The zero-order chi connectivity index (χ0) is 13.1. The van der Waals surface area contributed by atoms with E-state index in [1.165, 1.54) is 23.5 Å². The number of carboxylic acid groups (broad SMARTS) is 1. The lowest BCUT2D eigenvalue weighted by Crippen LogP contribution is -1.97. The largest absolute Gasteiger partial charge is 0.481 e. The minimum atomic E-state index is -0.850. The summed E-state index contributed by atoms with van der Waals surface area (Å²) in [7, 11) is 0. The van der Waals surface area contributed by atoms with Gasteiger partial charge in [-0.1, -0.05) is 15.9 Å². The van der Waals surface area contributed by atoms with E-state index in [0.717, 1.165) is 4.47 Å². The molecule has 94 valence electrons. The first-order valence-electron chi connectivity index (χ1n) is 5.18. The van der Waals surface area contributed by atoms with Crippen molar-refractivity contribution in [2.24, 2.45) is 0 Å². The van der Waals surface area contributed by atoms with Crippen LogP contribution in [0.15, 0.2) is 28.1 Å². The van der Waals surface area contributed by atoms with Gasteiger partial charge in [-0.3, -0.25) is 4.79 Å². The molecule has 1 aromatic heterocycles. The molecule has 18 heavy (non-hydrogen) atoms. The van der Waals surface area contributed by atoms with Crippen LogP contribution in [0.2, 0.25) is 0 Å². The lowest BCUT2D eigenvalue weighted by molar-refractivity contribution is -0.136. The summed E-state index contributed by atoms with van der Waals surface area (Å²) in [6.45, 7) is 0. The molecule has 3 nitrogen and oxygen atoms in total. The van der Waals surface area contributed by atoms with Crippen molar-refractivity contribution >= 4 is 33.2 Å². The fraction of sp³-hybridized carbons (Fsp3) is 0.167. The number of rotatable bonds is 4. The molecule has 1 aromatic carbocycles.